The van der Waals surface area contributed by atoms with Crippen LogP contribution in [-0.4, -0.2) is 27.4 Å². The first kappa shape index (κ1) is 87.8. The van der Waals surface area contributed by atoms with E-state index in [4.69, 9.17) is 0 Å². The maximum Gasteiger partial charge on any atom is 0.0641 e. The van der Waals surface area contributed by atoms with E-state index in [1.165, 1.54) is 231 Å². The van der Waals surface area contributed by atoms with Crippen LogP contribution < -0.4 is 0 Å². The molecule has 0 atom stereocenters. The molecule has 0 bridgehead atoms. The van der Waals surface area contributed by atoms with E-state index in [1.54, 1.807) is 0 Å². The van der Waals surface area contributed by atoms with Crippen molar-refractivity contribution >= 4 is 131 Å². The van der Waals surface area contributed by atoms with Crippen molar-refractivity contribution in [3.05, 3.63) is 582 Å². The molecule has 6 aromatic heterocycles. The zero-order valence-electron chi connectivity index (χ0n) is 82.1. The second kappa shape index (κ2) is 37.4. The molecule has 0 saturated carbocycles. The average Bonchev–Trinajstić information content (AvgIpc) is 1.55. The zero-order valence-corrected chi connectivity index (χ0v) is 82.1. The molecule has 0 spiro atoms. The molecular weight excluding hydrogens is 1810 g/mol. The van der Waals surface area contributed by atoms with Gasteiger partial charge in [0.05, 0.1) is 66.2 Å². The predicted molar refractivity (Wildman–Crippen MR) is 634 cm³/mol. The van der Waals surface area contributed by atoms with Crippen LogP contribution in [0.15, 0.2) is 582 Å². The minimum atomic E-state index is 1.15. The molecule has 30 rings (SSSR count). The highest BCUT2D eigenvalue weighted by atomic mass is 15.0. The Bertz CT molecular complexity index is 10300. The number of rotatable bonds is 15. The summed E-state index contributed by atoms with van der Waals surface area (Å²) in [5.41, 5.74) is 43.4. The largest absolute Gasteiger partial charge is 0.309 e. The van der Waals surface area contributed by atoms with Crippen LogP contribution in [0, 0.1) is 0 Å². The lowest BCUT2D eigenvalue weighted by atomic mass is 9.94. The van der Waals surface area contributed by atoms with Crippen LogP contribution in [0.25, 0.3) is 265 Å². The van der Waals surface area contributed by atoms with E-state index >= 15 is 0 Å². The van der Waals surface area contributed by atoms with Crippen LogP contribution in [0.4, 0.5) is 0 Å². The minimum Gasteiger partial charge on any atom is -0.309 e. The highest BCUT2D eigenvalue weighted by Gasteiger charge is 2.27. The Balaban J connectivity index is 0.000000108. The van der Waals surface area contributed by atoms with Gasteiger partial charge < -0.3 is 27.4 Å². The molecule has 6 heteroatoms. The molecule has 0 unspecified atom stereocenters. The third-order valence-corrected chi connectivity index (χ3v) is 30.4. The van der Waals surface area contributed by atoms with E-state index in [1.807, 2.05) is 0 Å². The van der Waals surface area contributed by atoms with E-state index in [0.717, 1.165) is 34.1 Å². The monoisotopic (exact) mass is 1910 g/mol. The van der Waals surface area contributed by atoms with Crippen LogP contribution in [0.2, 0.25) is 0 Å². The number of hydrogen-bond donors (Lipinski definition) is 0. The molecule has 0 aliphatic rings. The normalized spacial score (nSPS) is 11.6. The Kier molecular flexibility index (Phi) is 21.9. The standard InChI is InChI=1S/3C48H32N2/c1-3-12-33(13-4-1)35-22-26-39(27-23-35)49-45-21-10-8-19-43(45)47-46(49)31-30-42-41-18-7-9-20-44(41)50(48(42)47)40-28-24-36(25-29-40)38-17-11-16-37(32-38)34-14-5-2-6-15-34;1-3-11-33(12-4-1)35-19-21-36(22-20-35)38-25-29-40(30-26-38)50-44-17-9-7-15-41(44)42-31-32-46-47(48(42)50)43-16-8-10-18-45(43)49(46)39-27-23-37(24-28-39)34-13-5-2-6-14-34;1-3-13-33(14-4-1)34-23-27-37(28-24-34)49-45-22-12-10-20-43(45)47-46(49)32-31-42-41-19-9-11-21-44(41)50(48(42)47)38-29-25-36(26-30-38)40-18-8-7-17-39(40)35-15-5-2-6-16-35/h3*1-32H. The molecule has 0 radical (unpaired) electrons. The maximum atomic E-state index is 2.47. The third-order valence-electron chi connectivity index (χ3n) is 30.4. The number of fused-ring (bicyclic) bond motifs is 21. The minimum absolute atomic E-state index is 1.15. The third kappa shape index (κ3) is 15.3. The van der Waals surface area contributed by atoms with Crippen LogP contribution >= 0.6 is 0 Å². The van der Waals surface area contributed by atoms with Crippen molar-refractivity contribution in [3.8, 4) is 134 Å². The van der Waals surface area contributed by atoms with Crippen molar-refractivity contribution in [2.24, 2.45) is 0 Å². The number of nitrogens with zero attached hydrogens (tertiary/aromatic N) is 6. The van der Waals surface area contributed by atoms with E-state index in [0.29, 0.717) is 0 Å². The number of hydrogen-bond acceptors (Lipinski definition) is 0. The van der Waals surface area contributed by atoms with Crippen molar-refractivity contribution in [3.63, 3.8) is 0 Å². The summed E-state index contributed by atoms with van der Waals surface area (Å²) in [6.45, 7) is 0. The Morgan fingerprint density at radius 2 is 0.267 bits per heavy atom. The van der Waals surface area contributed by atoms with Crippen molar-refractivity contribution in [2.45, 2.75) is 0 Å². The highest BCUT2D eigenvalue weighted by Crippen LogP contribution is 2.49. The van der Waals surface area contributed by atoms with E-state index in [9.17, 15) is 0 Å². The van der Waals surface area contributed by atoms with Gasteiger partial charge in [-0.1, -0.05) is 449 Å². The lowest BCUT2D eigenvalue weighted by molar-refractivity contribution is 1.17. The van der Waals surface area contributed by atoms with Crippen LogP contribution in [0.3, 0.4) is 0 Å². The van der Waals surface area contributed by atoms with Gasteiger partial charge in [0, 0.05) is 98.8 Å². The molecule has 150 heavy (non-hydrogen) atoms. The molecule has 0 N–H and O–H groups in total. The fourth-order valence-corrected chi connectivity index (χ4v) is 23.5. The van der Waals surface area contributed by atoms with Crippen molar-refractivity contribution in [2.75, 3.05) is 0 Å². The van der Waals surface area contributed by atoms with Gasteiger partial charge in [0.1, 0.15) is 0 Å². The lowest BCUT2D eigenvalue weighted by Gasteiger charge is -2.13. The van der Waals surface area contributed by atoms with Gasteiger partial charge in [0.15, 0.2) is 0 Å². The Morgan fingerprint density at radius 1 is 0.0933 bits per heavy atom. The zero-order chi connectivity index (χ0) is 99.1. The van der Waals surface area contributed by atoms with Crippen molar-refractivity contribution in [1.82, 2.24) is 27.4 Å². The number of benzene rings is 24. The molecule has 6 heterocycles. The summed E-state index contributed by atoms with van der Waals surface area (Å²) in [4.78, 5) is 0. The molecule has 6 nitrogen and oxygen atoms in total. The van der Waals surface area contributed by atoms with Gasteiger partial charge in [-0.25, -0.2) is 0 Å². The summed E-state index contributed by atoms with van der Waals surface area (Å²) in [7, 11) is 0. The van der Waals surface area contributed by atoms with Gasteiger partial charge in [-0.15, -0.1) is 0 Å². The van der Waals surface area contributed by atoms with Crippen molar-refractivity contribution < 1.29 is 0 Å². The quantitative estimate of drug-likeness (QED) is 0.0979. The summed E-state index contributed by atoms with van der Waals surface area (Å²) < 4.78 is 14.7. The van der Waals surface area contributed by atoms with Crippen LogP contribution in [0.5, 0.6) is 0 Å². The molecule has 0 fully saturated rings. The summed E-state index contributed by atoms with van der Waals surface area (Å²) in [6, 6.07) is 211. The first-order valence-electron chi connectivity index (χ1n) is 51.6. The summed E-state index contributed by atoms with van der Waals surface area (Å²) >= 11 is 0. The van der Waals surface area contributed by atoms with Gasteiger partial charge in [0.2, 0.25) is 0 Å². The van der Waals surface area contributed by atoms with Gasteiger partial charge in [-0.3, -0.25) is 0 Å². The smallest absolute Gasteiger partial charge is 0.0641 e. The number of para-hydroxylation sites is 6. The summed E-state index contributed by atoms with van der Waals surface area (Å²) in [6.07, 6.45) is 0. The Morgan fingerprint density at radius 3 is 0.533 bits per heavy atom. The average molecular weight is 1910 g/mol. The maximum absolute atomic E-state index is 2.47. The van der Waals surface area contributed by atoms with Crippen LogP contribution in [0.1, 0.15) is 0 Å². The van der Waals surface area contributed by atoms with Gasteiger partial charge in [-0.2, -0.15) is 0 Å². The van der Waals surface area contributed by atoms with E-state index in [-0.39, 0.29) is 0 Å². The first-order chi connectivity index (χ1) is 74.5. The van der Waals surface area contributed by atoms with Crippen LogP contribution in [-0.2, 0) is 0 Å². The molecule has 0 aliphatic heterocycles. The van der Waals surface area contributed by atoms with Crippen molar-refractivity contribution in [1.29, 1.82) is 0 Å². The SMILES string of the molecule is c1ccc(-c2ccc(-c3ccc(-n4c5ccccc5c5ccc6c(c7ccccc7n6-c6ccc(-c7ccccc7)cc6)c54)cc3)cc2)cc1.c1ccc(-c2ccc(-n3c4ccccc4c4c3ccc3c5ccccc5n(-c5ccc(-c6cccc(-c7ccccc7)c6)cc5)c34)cc2)cc1.c1ccc(-c2ccc(-n3c4ccccc4c4c3ccc3c5ccccc5n(-c5ccc(-c6ccccc6-c6ccccc6)cc5)c34)cc2)cc1. The fraction of sp³-hybridized carbons (Fsp3) is 0. The van der Waals surface area contributed by atoms with E-state index < -0.39 is 0 Å². The molecule has 24 aromatic carbocycles. The lowest BCUT2D eigenvalue weighted by Crippen LogP contribution is -1.96. The highest BCUT2D eigenvalue weighted by molar-refractivity contribution is 6.29. The van der Waals surface area contributed by atoms with Gasteiger partial charge in [-0.05, 0) is 234 Å². The Labute approximate surface area is 868 Å². The second-order valence-corrected chi connectivity index (χ2v) is 38.9. The predicted octanol–water partition coefficient (Wildman–Crippen LogP) is 38.6. The van der Waals surface area contributed by atoms with Gasteiger partial charge in [0.25, 0.3) is 0 Å². The molecule has 0 aliphatic carbocycles. The summed E-state index contributed by atoms with van der Waals surface area (Å²) in [5.74, 6) is 0. The molecule has 0 saturated heterocycles. The fourth-order valence-electron chi connectivity index (χ4n) is 23.5. The Hall–Kier alpha value is -19.9. The van der Waals surface area contributed by atoms with E-state index in [2.05, 4.69) is 610 Å². The molecule has 0 amide bonds. The summed E-state index contributed by atoms with van der Waals surface area (Å²) in [5, 5.41) is 15.1. The second-order valence-electron chi connectivity index (χ2n) is 38.9. The topological polar surface area (TPSA) is 29.6 Å². The first-order valence-corrected chi connectivity index (χ1v) is 51.6. The molecule has 702 valence electrons. The molecule has 30 aromatic rings. The number of aromatic nitrogens is 6. The molecular formula is C144H96N6. The van der Waals surface area contributed by atoms with Gasteiger partial charge >= 0.3 is 0 Å².